The highest BCUT2D eigenvalue weighted by Gasteiger charge is 2.35. The Morgan fingerprint density at radius 1 is 1.00 bits per heavy atom. The lowest BCUT2D eigenvalue weighted by Crippen LogP contribution is -2.50. The zero-order valence-corrected chi connectivity index (χ0v) is 17.4. The summed E-state index contributed by atoms with van der Waals surface area (Å²) in [5.41, 5.74) is 0.666. The van der Waals surface area contributed by atoms with E-state index in [1.165, 1.54) is 12.1 Å². The predicted octanol–water partition coefficient (Wildman–Crippen LogP) is 1.15. The van der Waals surface area contributed by atoms with Crippen LogP contribution in [0.3, 0.4) is 0 Å². The second-order valence-electron chi connectivity index (χ2n) is 7.92. The first-order chi connectivity index (χ1) is 15.3. The molecule has 2 amide bonds. The van der Waals surface area contributed by atoms with Gasteiger partial charge in [-0.1, -0.05) is 17.7 Å². The van der Waals surface area contributed by atoms with Crippen molar-refractivity contribution in [2.45, 2.75) is 32.0 Å². The van der Waals surface area contributed by atoms with Crippen LogP contribution in [0.25, 0.3) is 10.9 Å². The molecule has 1 fully saturated rings. The summed E-state index contributed by atoms with van der Waals surface area (Å²) in [6, 6.07) is 8.98. The lowest BCUT2D eigenvalue weighted by atomic mass is 10.0. The van der Waals surface area contributed by atoms with Crippen molar-refractivity contribution in [3.8, 4) is 0 Å². The van der Waals surface area contributed by atoms with Gasteiger partial charge in [-0.15, -0.1) is 0 Å². The van der Waals surface area contributed by atoms with Crippen molar-refractivity contribution < 1.29 is 14.4 Å². The number of benzene rings is 2. The molecule has 0 spiro atoms. The fourth-order valence-corrected chi connectivity index (χ4v) is 4.48. The molecule has 2 aliphatic rings. The lowest BCUT2D eigenvalue weighted by molar-refractivity contribution is -0.137. The van der Waals surface area contributed by atoms with Crippen LogP contribution in [-0.4, -0.2) is 38.2 Å². The Bertz CT molecular complexity index is 1440. The molecule has 1 saturated heterocycles. The number of fused-ring (bicyclic) bond motifs is 2. The summed E-state index contributed by atoms with van der Waals surface area (Å²) in [6.45, 7) is 0.923. The SMILES string of the molecule is O=C1CCC(N2Cc3ccc(C(=O)n4c(=O)[nH]c5ccc(Cl)cc5c4=O)cc3C2)C(=O)N1. The topological polar surface area (TPSA) is 121 Å². The minimum absolute atomic E-state index is 0.135. The number of aromatic amines is 1. The summed E-state index contributed by atoms with van der Waals surface area (Å²) in [4.78, 5) is 66.5. The predicted molar refractivity (Wildman–Crippen MR) is 115 cm³/mol. The van der Waals surface area contributed by atoms with Crippen molar-refractivity contribution in [1.29, 1.82) is 0 Å². The fourth-order valence-electron chi connectivity index (χ4n) is 4.30. The highest BCUT2D eigenvalue weighted by molar-refractivity contribution is 6.31. The molecule has 1 aromatic heterocycles. The van der Waals surface area contributed by atoms with Crippen LogP contribution in [0.2, 0.25) is 5.02 Å². The van der Waals surface area contributed by atoms with Gasteiger partial charge in [0.05, 0.1) is 16.9 Å². The number of carbonyl (C=O) groups excluding carboxylic acids is 3. The largest absolute Gasteiger partial charge is 0.336 e. The third kappa shape index (κ3) is 3.35. The third-order valence-corrected chi connectivity index (χ3v) is 6.15. The highest BCUT2D eigenvalue weighted by Crippen LogP contribution is 2.28. The van der Waals surface area contributed by atoms with Crippen LogP contribution in [-0.2, 0) is 22.7 Å². The number of halogens is 1. The van der Waals surface area contributed by atoms with Crippen LogP contribution in [0.15, 0.2) is 46.0 Å². The molecule has 0 radical (unpaired) electrons. The van der Waals surface area contributed by atoms with Crippen LogP contribution in [0.4, 0.5) is 0 Å². The molecule has 5 rings (SSSR count). The first-order valence-corrected chi connectivity index (χ1v) is 10.4. The van der Waals surface area contributed by atoms with E-state index in [0.717, 1.165) is 11.1 Å². The molecule has 1 atom stereocenters. The number of nitrogens with one attached hydrogen (secondary N) is 2. The number of hydrogen-bond acceptors (Lipinski definition) is 6. The van der Waals surface area contributed by atoms with Gasteiger partial charge in [0, 0.05) is 30.1 Å². The van der Waals surface area contributed by atoms with Gasteiger partial charge in [0.15, 0.2) is 0 Å². The maximum absolute atomic E-state index is 13.1. The van der Waals surface area contributed by atoms with Crippen molar-refractivity contribution in [2.24, 2.45) is 0 Å². The summed E-state index contributed by atoms with van der Waals surface area (Å²) < 4.78 is 0.563. The molecule has 0 bridgehead atoms. The van der Waals surface area contributed by atoms with Gasteiger partial charge in [0.2, 0.25) is 11.8 Å². The number of amides is 2. The minimum atomic E-state index is -0.833. The third-order valence-electron chi connectivity index (χ3n) is 5.91. The average molecular weight is 453 g/mol. The van der Waals surface area contributed by atoms with Gasteiger partial charge in [-0.3, -0.25) is 29.4 Å². The number of rotatable bonds is 2. The van der Waals surface area contributed by atoms with E-state index in [-0.39, 0.29) is 29.2 Å². The number of carbonyl (C=O) groups is 3. The van der Waals surface area contributed by atoms with Gasteiger partial charge in [-0.2, -0.15) is 4.57 Å². The Balaban J connectivity index is 1.47. The van der Waals surface area contributed by atoms with Gasteiger partial charge in [-0.25, -0.2) is 4.79 Å². The molecule has 2 aromatic carbocycles. The molecule has 3 heterocycles. The summed E-state index contributed by atoms with van der Waals surface area (Å²) in [5, 5.41) is 2.80. The molecule has 3 aromatic rings. The maximum Gasteiger partial charge on any atom is 0.336 e. The molecular weight excluding hydrogens is 436 g/mol. The van der Waals surface area contributed by atoms with E-state index in [9.17, 15) is 24.0 Å². The molecule has 0 saturated carbocycles. The van der Waals surface area contributed by atoms with Crippen LogP contribution < -0.4 is 16.6 Å². The summed E-state index contributed by atoms with van der Waals surface area (Å²) >= 11 is 5.96. The second-order valence-corrected chi connectivity index (χ2v) is 8.36. The van der Waals surface area contributed by atoms with Crippen LogP contribution in [0.5, 0.6) is 0 Å². The van der Waals surface area contributed by atoms with Crippen molar-refractivity contribution >= 4 is 40.2 Å². The highest BCUT2D eigenvalue weighted by atomic mass is 35.5. The van der Waals surface area contributed by atoms with E-state index >= 15 is 0 Å². The number of piperidine rings is 1. The van der Waals surface area contributed by atoms with Gasteiger partial charge >= 0.3 is 5.69 Å². The molecule has 2 N–H and O–H groups in total. The molecule has 0 aliphatic carbocycles. The van der Waals surface area contributed by atoms with Crippen LogP contribution >= 0.6 is 11.6 Å². The number of hydrogen-bond donors (Lipinski definition) is 2. The Labute approximate surface area is 185 Å². The van der Waals surface area contributed by atoms with Gasteiger partial charge in [0.25, 0.3) is 11.5 Å². The first-order valence-electron chi connectivity index (χ1n) is 10.0. The van der Waals surface area contributed by atoms with E-state index < -0.39 is 23.2 Å². The van der Waals surface area contributed by atoms with E-state index in [4.69, 9.17) is 11.6 Å². The molecule has 32 heavy (non-hydrogen) atoms. The van der Waals surface area contributed by atoms with Crippen molar-refractivity contribution in [3.63, 3.8) is 0 Å². The maximum atomic E-state index is 13.1. The average Bonchev–Trinajstić information content (AvgIpc) is 3.17. The summed E-state index contributed by atoms with van der Waals surface area (Å²) in [6.07, 6.45) is 0.722. The lowest BCUT2D eigenvalue weighted by Gasteiger charge is -2.29. The van der Waals surface area contributed by atoms with E-state index in [1.807, 2.05) is 4.90 Å². The van der Waals surface area contributed by atoms with E-state index in [0.29, 0.717) is 34.6 Å². The van der Waals surface area contributed by atoms with Gasteiger partial charge in [-0.05, 0) is 47.9 Å². The Hall–Kier alpha value is -3.56. The molecular formula is C22H17ClN4O5. The van der Waals surface area contributed by atoms with Crippen molar-refractivity contribution in [1.82, 2.24) is 19.8 Å². The van der Waals surface area contributed by atoms with Gasteiger partial charge in [0.1, 0.15) is 0 Å². The van der Waals surface area contributed by atoms with Crippen LogP contribution in [0, 0.1) is 0 Å². The molecule has 162 valence electrons. The summed E-state index contributed by atoms with van der Waals surface area (Å²) in [7, 11) is 0. The van der Waals surface area contributed by atoms with E-state index in [1.54, 1.807) is 24.3 Å². The van der Waals surface area contributed by atoms with E-state index in [2.05, 4.69) is 10.3 Å². The monoisotopic (exact) mass is 452 g/mol. The normalized spacial score (nSPS) is 18.6. The Kier molecular flexibility index (Phi) is 4.79. The van der Waals surface area contributed by atoms with Gasteiger partial charge < -0.3 is 4.98 Å². The minimum Gasteiger partial charge on any atom is -0.306 e. The smallest absolute Gasteiger partial charge is 0.306 e. The number of nitrogens with zero attached hydrogens (tertiary/aromatic N) is 2. The molecule has 9 nitrogen and oxygen atoms in total. The number of imide groups is 1. The standard InChI is InChI=1S/C22H17ClN4O5/c23-14-3-4-16-15(8-14)21(31)27(22(32)24-16)20(30)11-1-2-12-9-26(10-13(12)7-11)17-5-6-18(28)25-19(17)29/h1-4,7-8,17H,5-6,9-10H2,(H,24,32)(H,25,28,29). The number of H-pyrrole nitrogens is 1. The zero-order chi connectivity index (χ0) is 22.6. The summed E-state index contributed by atoms with van der Waals surface area (Å²) in [5.74, 6) is -1.35. The quantitative estimate of drug-likeness (QED) is 0.563. The Morgan fingerprint density at radius 3 is 2.56 bits per heavy atom. The molecule has 10 heteroatoms. The molecule has 2 aliphatic heterocycles. The van der Waals surface area contributed by atoms with Crippen LogP contribution in [0.1, 0.15) is 34.3 Å². The Morgan fingerprint density at radius 2 is 1.78 bits per heavy atom. The number of aromatic nitrogens is 2. The molecule has 1 unspecified atom stereocenters. The van der Waals surface area contributed by atoms with Crippen molar-refractivity contribution in [2.75, 3.05) is 0 Å². The fraction of sp³-hybridized carbons (Fsp3) is 0.227. The van der Waals surface area contributed by atoms with Crippen molar-refractivity contribution in [3.05, 3.63) is 78.9 Å². The second kappa shape index (κ2) is 7.54. The first kappa shape index (κ1) is 20.3. The zero-order valence-electron chi connectivity index (χ0n) is 16.7.